The highest BCUT2D eigenvalue weighted by Gasteiger charge is 2.05. The summed E-state index contributed by atoms with van der Waals surface area (Å²) in [6.07, 6.45) is 26.8. The molecule has 0 aliphatic rings. The number of hydrogen-bond acceptors (Lipinski definition) is 1. The largest absolute Gasteiger partial charge is 1.00 e. The topological polar surface area (TPSA) is 24.1 Å². The van der Waals surface area contributed by atoms with Crippen molar-refractivity contribution >= 4 is 10.8 Å². The van der Waals surface area contributed by atoms with Crippen LogP contribution in [0, 0.1) is 0 Å². The summed E-state index contributed by atoms with van der Waals surface area (Å²) in [5, 5.41) is 11.9. The minimum Gasteiger partial charge on any atom is -1.00 e. The molecular weight excluding hydrogens is 434 g/mol. The van der Waals surface area contributed by atoms with Crippen LogP contribution in [0.4, 0.5) is 0 Å². The molecular formula is C27H44BrNO. The fraction of sp³-hybridized carbons (Fsp3) is 0.667. The van der Waals surface area contributed by atoms with E-state index < -0.39 is 0 Å². The van der Waals surface area contributed by atoms with Gasteiger partial charge in [0.15, 0.2) is 12.4 Å². The van der Waals surface area contributed by atoms with Crippen LogP contribution in [0.15, 0.2) is 36.7 Å². The molecule has 1 N–H and O–H groups in total. The number of aryl methyl sites for hydroxylation is 1. The highest BCUT2D eigenvalue weighted by molar-refractivity contribution is 5.86. The SMILES string of the molecule is CCCCCCCCCCCCCCCCCC[n+]1ccc2c(O)cccc2c1.[Br-]. The molecule has 1 aromatic heterocycles. The zero-order valence-electron chi connectivity index (χ0n) is 19.3. The van der Waals surface area contributed by atoms with Crippen LogP contribution < -0.4 is 21.5 Å². The van der Waals surface area contributed by atoms with Gasteiger partial charge < -0.3 is 22.1 Å². The predicted octanol–water partition coefficient (Wildman–Crippen LogP) is 5.10. The third kappa shape index (κ3) is 11.3. The molecule has 0 radical (unpaired) electrons. The highest BCUT2D eigenvalue weighted by atomic mass is 79.9. The number of benzene rings is 1. The second-order valence-corrected chi connectivity index (χ2v) is 8.77. The van der Waals surface area contributed by atoms with Gasteiger partial charge in [-0.25, -0.2) is 4.57 Å². The number of unbranched alkanes of at least 4 members (excludes halogenated alkanes) is 15. The first-order valence-corrected chi connectivity index (χ1v) is 12.4. The number of phenols is 1. The van der Waals surface area contributed by atoms with Gasteiger partial charge >= 0.3 is 0 Å². The molecule has 2 rings (SSSR count). The summed E-state index contributed by atoms with van der Waals surface area (Å²) < 4.78 is 2.26. The van der Waals surface area contributed by atoms with Crippen LogP contribution in [0.3, 0.4) is 0 Å². The minimum absolute atomic E-state index is 0. The Morgan fingerprint density at radius 3 is 1.70 bits per heavy atom. The van der Waals surface area contributed by atoms with Crippen LogP contribution in [-0.2, 0) is 6.54 Å². The van der Waals surface area contributed by atoms with Crippen molar-refractivity contribution in [3.05, 3.63) is 36.7 Å². The molecule has 1 heterocycles. The molecule has 0 atom stereocenters. The predicted molar refractivity (Wildman–Crippen MR) is 125 cm³/mol. The highest BCUT2D eigenvalue weighted by Crippen LogP contribution is 2.22. The first kappa shape index (κ1) is 26.9. The number of hydrogen-bond donors (Lipinski definition) is 1. The van der Waals surface area contributed by atoms with E-state index in [-0.39, 0.29) is 17.0 Å². The van der Waals surface area contributed by atoms with Gasteiger partial charge in [0.1, 0.15) is 12.3 Å². The normalized spacial score (nSPS) is 11.0. The fourth-order valence-corrected chi connectivity index (χ4v) is 4.24. The van der Waals surface area contributed by atoms with Gasteiger partial charge in [0.25, 0.3) is 0 Å². The molecule has 30 heavy (non-hydrogen) atoms. The Labute approximate surface area is 195 Å². The van der Waals surface area contributed by atoms with Gasteiger partial charge in [-0.15, -0.1) is 0 Å². The molecule has 0 fully saturated rings. The molecule has 2 nitrogen and oxygen atoms in total. The van der Waals surface area contributed by atoms with Gasteiger partial charge in [0.2, 0.25) is 0 Å². The number of pyridine rings is 1. The van der Waals surface area contributed by atoms with Crippen LogP contribution in [0.25, 0.3) is 10.8 Å². The van der Waals surface area contributed by atoms with Gasteiger partial charge in [-0.05, 0) is 18.6 Å². The summed E-state index contributed by atoms with van der Waals surface area (Å²) in [5.41, 5.74) is 0. The van der Waals surface area contributed by atoms with Crippen molar-refractivity contribution in [2.24, 2.45) is 0 Å². The molecule has 0 unspecified atom stereocenters. The summed E-state index contributed by atoms with van der Waals surface area (Å²) >= 11 is 0. The van der Waals surface area contributed by atoms with Crippen molar-refractivity contribution < 1.29 is 26.7 Å². The van der Waals surface area contributed by atoms with Gasteiger partial charge in [0.05, 0.1) is 0 Å². The first-order valence-electron chi connectivity index (χ1n) is 12.4. The fourth-order valence-electron chi connectivity index (χ4n) is 4.24. The Balaban J connectivity index is 0.00000450. The molecule has 0 saturated carbocycles. The molecule has 0 spiro atoms. The Bertz CT molecular complexity index is 673. The smallest absolute Gasteiger partial charge is 0.176 e. The molecule has 0 amide bonds. The number of phenolic OH excluding ortho intramolecular Hbond substituents is 1. The molecule has 2 aromatic rings. The van der Waals surface area contributed by atoms with Crippen molar-refractivity contribution in [3.63, 3.8) is 0 Å². The molecule has 3 heteroatoms. The Kier molecular flexibility index (Phi) is 15.8. The summed E-state index contributed by atoms with van der Waals surface area (Å²) in [4.78, 5) is 0. The van der Waals surface area contributed by atoms with Crippen LogP contribution in [0.1, 0.15) is 110 Å². The Hall–Kier alpha value is -1.09. The lowest BCUT2D eigenvalue weighted by Crippen LogP contribution is -3.00. The standard InChI is InChI=1S/C27H43NO.BrH/c1-2-3-4-5-6-7-8-9-10-11-12-13-14-15-16-17-22-28-23-21-26-25(24-28)19-18-20-27(26)29;/h18-21,23-24H,2-17,22H2,1H3;1H. The summed E-state index contributed by atoms with van der Waals surface area (Å²) in [7, 11) is 0. The van der Waals surface area contributed by atoms with E-state index in [9.17, 15) is 5.11 Å². The Morgan fingerprint density at radius 2 is 1.17 bits per heavy atom. The minimum atomic E-state index is 0. The van der Waals surface area contributed by atoms with Crippen LogP contribution >= 0.6 is 0 Å². The van der Waals surface area contributed by atoms with Crippen LogP contribution in [0.5, 0.6) is 5.75 Å². The maximum absolute atomic E-state index is 9.88. The number of fused-ring (bicyclic) bond motifs is 1. The second kappa shape index (κ2) is 17.6. The monoisotopic (exact) mass is 477 g/mol. The number of nitrogens with zero attached hydrogens (tertiary/aromatic N) is 1. The maximum Gasteiger partial charge on any atom is 0.176 e. The van der Waals surface area contributed by atoms with Crippen molar-refractivity contribution in [2.75, 3.05) is 0 Å². The number of aromatic nitrogens is 1. The summed E-state index contributed by atoms with van der Waals surface area (Å²) in [6.45, 7) is 3.36. The average molecular weight is 479 g/mol. The molecule has 170 valence electrons. The third-order valence-corrected chi connectivity index (χ3v) is 6.12. The van der Waals surface area contributed by atoms with Crippen LogP contribution in [0.2, 0.25) is 0 Å². The number of halogens is 1. The number of aromatic hydroxyl groups is 1. The zero-order valence-corrected chi connectivity index (χ0v) is 20.8. The molecule has 0 aliphatic carbocycles. The van der Waals surface area contributed by atoms with Crippen molar-refractivity contribution in [3.8, 4) is 5.75 Å². The quantitative estimate of drug-likeness (QED) is 0.248. The van der Waals surface area contributed by atoms with E-state index in [0.717, 1.165) is 17.3 Å². The van der Waals surface area contributed by atoms with Crippen LogP contribution in [-0.4, -0.2) is 5.11 Å². The molecule has 0 bridgehead atoms. The zero-order chi connectivity index (χ0) is 20.6. The number of rotatable bonds is 17. The van der Waals surface area contributed by atoms with E-state index >= 15 is 0 Å². The maximum atomic E-state index is 9.88. The molecule has 0 saturated heterocycles. The lowest BCUT2D eigenvalue weighted by atomic mass is 10.0. The van der Waals surface area contributed by atoms with Gasteiger partial charge in [-0.1, -0.05) is 103 Å². The van der Waals surface area contributed by atoms with E-state index in [1.807, 2.05) is 12.1 Å². The molecule has 1 aromatic carbocycles. The molecule has 0 aliphatic heterocycles. The van der Waals surface area contributed by atoms with Gasteiger partial charge in [-0.2, -0.15) is 0 Å². The average Bonchev–Trinajstić information content (AvgIpc) is 2.73. The van der Waals surface area contributed by atoms with Crippen molar-refractivity contribution in [1.29, 1.82) is 0 Å². The summed E-state index contributed by atoms with van der Waals surface area (Å²) in [6, 6.07) is 7.76. The van der Waals surface area contributed by atoms with E-state index in [2.05, 4.69) is 30.0 Å². The van der Waals surface area contributed by atoms with Gasteiger partial charge in [-0.3, -0.25) is 0 Å². The second-order valence-electron chi connectivity index (χ2n) is 8.77. The first-order chi connectivity index (χ1) is 14.3. The third-order valence-electron chi connectivity index (χ3n) is 6.12. The van der Waals surface area contributed by atoms with Gasteiger partial charge in [0, 0.05) is 23.3 Å². The lowest BCUT2D eigenvalue weighted by molar-refractivity contribution is -0.696. The lowest BCUT2D eigenvalue weighted by Gasteiger charge is -2.03. The van der Waals surface area contributed by atoms with E-state index in [1.165, 1.54) is 103 Å². The van der Waals surface area contributed by atoms with Crippen molar-refractivity contribution in [1.82, 2.24) is 0 Å². The Morgan fingerprint density at radius 1 is 0.667 bits per heavy atom. The van der Waals surface area contributed by atoms with E-state index in [4.69, 9.17) is 0 Å². The van der Waals surface area contributed by atoms with E-state index in [1.54, 1.807) is 6.07 Å². The summed E-state index contributed by atoms with van der Waals surface area (Å²) in [5.74, 6) is 0.372. The van der Waals surface area contributed by atoms with Crippen molar-refractivity contribution in [2.45, 2.75) is 116 Å². The van der Waals surface area contributed by atoms with E-state index in [0.29, 0.717) is 5.75 Å².